The Bertz CT molecular complexity index is 1120. The summed E-state index contributed by atoms with van der Waals surface area (Å²) in [5.41, 5.74) is 4.40. The van der Waals surface area contributed by atoms with Crippen LogP contribution in [-0.4, -0.2) is 30.8 Å². The van der Waals surface area contributed by atoms with Crippen LogP contribution in [0.3, 0.4) is 0 Å². The number of thiocarbonyl (C=S) groups is 1. The van der Waals surface area contributed by atoms with Gasteiger partial charge in [0.1, 0.15) is 0 Å². The molecule has 0 aliphatic heterocycles. The normalized spacial score (nSPS) is 10.5. The number of carbonyl (C=O) groups excluding carboxylic acids is 1. The third kappa shape index (κ3) is 5.44. The number of nitrogens with zero attached hydrogens (tertiary/aromatic N) is 4. The molecule has 11 heteroatoms. The third-order valence-corrected chi connectivity index (χ3v) is 5.61. The molecule has 0 spiro atoms. The molecule has 3 aromatic rings. The van der Waals surface area contributed by atoms with Crippen molar-refractivity contribution in [1.82, 2.24) is 20.2 Å². The molecule has 1 heterocycles. The Hall–Kier alpha value is -3.31. The van der Waals surface area contributed by atoms with Gasteiger partial charge in [0, 0.05) is 29.4 Å². The fourth-order valence-corrected chi connectivity index (χ4v) is 3.88. The van der Waals surface area contributed by atoms with E-state index in [2.05, 4.69) is 20.9 Å². The summed E-state index contributed by atoms with van der Waals surface area (Å²) in [6, 6.07) is 14.3. The van der Waals surface area contributed by atoms with Crippen molar-refractivity contribution in [3.63, 3.8) is 0 Å². The maximum atomic E-state index is 12.6. The summed E-state index contributed by atoms with van der Waals surface area (Å²) < 4.78 is 1.64. The summed E-state index contributed by atoms with van der Waals surface area (Å²) in [6.07, 6.45) is 0.604. The number of nitro groups is 1. The van der Waals surface area contributed by atoms with E-state index in [4.69, 9.17) is 12.2 Å². The molecule has 0 unspecified atom stereocenters. The average molecular weight is 457 g/mol. The van der Waals surface area contributed by atoms with E-state index in [1.54, 1.807) is 4.68 Å². The van der Waals surface area contributed by atoms with Crippen molar-refractivity contribution >= 4 is 40.7 Å². The number of nitro benzene ring substituents is 1. The van der Waals surface area contributed by atoms with E-state index in [1.165, 1.54) is 36.9 Å². The molecule has 3 rings (SSSR count). The van der Waals surface area contributed by atoms with Crippen molar-refractivity contribution in [2.24, 2.45) is 0 Å². The van der Waals surface area contributed by atoms with Crippen molar-refractivity contribution in [2.75, 3.05) is 5.43 Å². The van der Waals surface area contributed by atoms with E-state index >= 15 is 0 Å². The lowest BCUT2D eigenvalue weighted by atomic mass is 10.1. The fourth-order valence-electron chi connectivity index (χ4n) is 2.82. The lowest BCUT2D eigenvalue weighted by Gasteiger charge is -2.14. The number of amides is 1. The van der Waals surface area contributed by atoms with Gasteiger partial charge in [0.2, 0.25) is 5.16 Å². The Kier molecular flexibility index (Phi) is 7.32. The number of rotatable bonds is 7. The molecule has 0 aliphatic carbocycles. The molecule has 2 N–H and O–H groups in total. The second kappa shape index (κ2) is 10.1. The first kappa shape index (κ1) is 22.4. The monoisotopic (exact) mass is 456 g/mol. The minimum absolute atomic E-state index is 0.0342. The molecule has 2 aromatic carbocycles. The van der Waals surface area contributed by atoms with Gasteiger partial charge in [-0.25, -0.2) is 4.68 Å². The van der Waals surface area contributed by atoms with Gasteiger partial charge in [-0.1, -0.05) is 55.1 Å². The Morgan fingerprint density at radius 2 is 1.94 bits per heavy atom. The number of aryl methyl sites for hydroxylation is 1. The van der Waals surface area contributed by atoms with Gasteiger partial charge in [0.25, 0.3) is 11.6 Å². The number of thioether (sulfide) groups is 1. The van der Waals surface area contributed by atoms with Crippen LogP contribution in [0.1, 0.15) is 34.2 Å². The van der Waals surface area contributed by atoms with Gasteiger partial charge >= 0.3 is 0 Å². The smallest absolute Gasteiger partial charge is 0.273 e. The van der Waals surface area contributed by atoms with Crippen molar-refractivity contribution in [1.29, 1.82) is 0 Å². The standard InChI is InChI=1S/C20H20N6O3S2/c1-3-17-22-23-20(31-12-14-8-5-4-6-9-14)25(17)24-19(30)21-18(27)15-10-7-11-16(13(15)2)26(28)29/h4-11H,3,12H2,1-2H3,(H2,21,24,27,30). The predicted molar refractivity (Wildman–Crippen MR) is 123 cm³/mol. The first-order valence-corrected chi connectivity index (χ1v) is 10.8. The van der Waals surface area contributed by atoms with Gasteiger partial charge in [-0.05, 0) is 30.8 Å². The summed E-state index contributed by atoms with van der Waals surface area (Å²) in [5, 5.41) is 22.7. The molecule has 0 saturated heterocycles. The van der Waals surface area contributed by atoms with Gasteiger partial charge in [0.15, 0.2) is 10.9 Å². The molecule has 0 saturated carbocycles. The molecule has 0 radical (unpaired) electrons. The fraction of sp³-hybridized carbons (Fsp3) is 0.200. The van der Waals surface area contributed by atoms with Crippen LogP contribution in [0.2, 0.25) is 0 Å². The van der Waals surface area contributed by atoms with Crippen LogP contribution in [-0.2, 0) is 12.2 Å². The largest absolute Gasteiger partial charge is 0.298 e. The van der Waals surface area contributed by atoms with Crippen LogP contribution in [0.25, 0.3) is 0 Å². The van der Waals surface area contributed by atoms with E-state index in [0.717, 1.165) is 5.56 Å². The number of benzene rings is 2. The summed E-state index contributed by atoms with van der Waals surface area (Å²) in [6.45, 7) is 3.46. The number of hydrogen-bond donors (Lipinski definition) is 2. The zero-order valence-electron chi connectivity index (χ0n) is 16.9. The van der Waals surface area contributed by atoms with Crippen LogP contribution in [0, 0.1) is 17.0 Å². The van der Waals surface area contributed by atoms with E-state index in [1.807, 2.05) is 37.3 Å². The molecule has 0 bridgehead atoms. The number of aromatic nitrogens is 3. The number of carbonyl (C=O) groups is 1. The molecule has 1 amide bonds. The summed E-state index contributed by atoms with van der Waals surface area (Å²) >= 11 is 6.77. The molecular formula is C20H20N6O3S2. The van der Waals surface area contributed by atoms with Crippen molar-refractivity contribution in [3.8, 4) is 0 Å². The van der Waals surface area contributed by atoms with Crippen molar-refractivity contribution in [3.05, 3.63) is 81.2 Å². The highest BCUT2D eigenvalue weighted by molar-refractivity contribution is 7.98. The number of nitrogens with one attached hydrogen (secondary N) is 2. The van der Waals surface area contributed by atoms with Gasteiger partial charge in [-0.2, -0.15) is 0 Å². The zero-order valence-corrected chi connectivity index (χ0v) is 18.5. The minimum atomic E-state index is -0.539. The van der Waals surface area contributed by atoms with Crippen LogP contribution < -0.4 is 10.7 Å². The summed E-state index contributed by atoms with van der Waals surface area (Å²) in [7, 11) is 0. The van der Waals surface area contributed by atoms with Gasteiger partial charge in [0.05, 0.1) is 4.92 Å². The quantitative estimate of drug-likeness (QED) is 0.240. The summed E-state index contributed by atoms with van der Waals surface area (Å²) in [4.78, 5) is 23.2. The van der Waals surface area contributed by atoms with Gasteiger partial charge < -0.3 is 0 Å². The van der Waals surface area contributed by atoms with E-state index in [-0.39, 0.29) is 21.9 Å². The minimum Gasteiger partial charge on any atom is -0.298 e. The van der Waals surface area contributed by atoms with Crippen LogP contribution in [0.15, 0.2) is 53.7 Å². The molecular weight excluding hydrogens is 436 g/mol. The molecule has 9 nitrogen and oxygen atoms in total. The van der Waals surface area contributed by atoms with Crippen LogP contribution >= 0.6 is 24.0 Å². The Morgan fingerprint density at radius 1 is 1.19 bits per heavy atom. The highest BCUT2D eigenvalue weighted by Crippen LogP contribution is 2.22. The zero-order chi connectivity index (χ0) is 22.4. The maximum Gasteiger partial charge on any atom is 0.273 e. The van der Waals surface area contributed by atoms with Gasteiger partial charge in [-0.15, -0.1) is 10.2 Å². The van der Waals surface area contributed by atoms with Gasteiger partial charge in [-0.3, -0.25) is 25.7 Å². The molecule has 31 heavy (non-hydrogen) atoms. The highest BCUT2D eigenvalue weighted by atomic mass is 32.2. The second-order valence-electron chi connectivity index (χ2n) is 6.46. The SMILES string of the molecule is CCc1nnc(SCc2ccccc2)n1NC(=S)NC(=O)c1cccc([N+](=O)[O-])c1C. The molecule has 1 aromatic heterocycles. The topological polar surface area (TPSA) is 115 Å². The van der Waals surface area contributed by atoms with E-state index in [9.17, 15) is 14.9 Å². The lowest BCUT2D eigenvalue weighted by Crippen LogP contribution is -2.39. The lowest BCUT2D eigenvalue weighted by molar-refractivity contribution is -0.385. The Labute approximate surface area is 188 Å². The Morgan fingerprint density at radius 3 is 2.61 bits per heavy atom. The number of hydrogen-bond acceptors (Lipinski definition) is 7. The predicted octanol–water partition coefficient (Wildman–Crippen LogP) is 3.61. The second-order valence-corrected chi connectivity index (χ2v) is 7.81. The van der Waals surface area contributed by atoms with Crippen molar-refractivity contribution in [2.45, 2.75) is 31.2 Å². The van der Waals surface area contributed by atoms with Crippen LogP contribution in [0.5, 0.6) is 0 Å². The summed E-state index contributed by atoms with van der Waals surface area (Å²) in [5.74, 6) is 0.804. The Balaban J connectivity index is 1.71. The maximum absolute atomic E-state index is 12.6. The van der Waals surface area contributed by atoms with E-state index in [0.29, 0.717) is 23.2 Å². The molecule has 0 atom stereocenters. The molecule has 0 aliphatic rings. The molecule has 160 valence electrons. The van der Waals surface area contributed by atoms with Crippen LogP contribution in [0.4, 0.5) is 5.69 Å². The highest BCUT2D eigenvalue weighted by Gasteiger charge is 2.19. The first-order chi connectivity index (χ1) is 14.9. The van der Waals surface area contributed by atoms with Crippen molar-refractivity contribution < 1.29 is 9.72 Å². The third-order valence-electron chi connectivity index (χ3n) is 4.41. The average Bonchev–Trinajstić information content (AvgIpc) is 3.14. The first-order valence-electron chi connectivity index (χ1n) is 9.38. The molecule has 0 fully saturated rings. The van der Waals surface area contributed by atoms with E-state index < -0.39 is 10.8 Å².